The van der Waals surface area contributed by atoms with Crippen molar-refractivity contribution in [3.05, 3.63) is 58.9 Å². The molecule has 2 aromatic carbocycles. The first-order chi connectivity index (χ1) is 10.5. The number of rotatable bonds is 4. The van der Waals surface area contributed by atoms with Crippen LogP contribution in [0.15, 0.2) is 42.5 Å². The SMILES string of the molecule is CCC(=O)Nc1ccc(Cl)c(NC(=O)c2cccc(F)c2)c1. The lowest BCUT2D eigenvalue weighted by Crippen LogP contribution is -2.13. The van der Waals surface area contributed by atoms with Crippen LogP contribution in [0.25, 0.3) is 0 Å². The third-order valence-corrected chi connectivity index (χ3v) is 3.24. The van der Waals surface area contributed by atoms with Gasteiger partial charge in [0.15, 0.2) is 0 Å². The van der Waals surface area contributed by atoms with Crippen molar-refractivity contribution in [2.45, 2.75) is 13.3 Å². The lowest BCUT2D eigenvalue weighted by Gasteiger charge is -2.10. The molecule has 0 unspecified atom stereocenters. The summed E-state index contributed by atoms with van der Waals surface area (Å²) < 4.78 is 13.1. The largest absolute Gasteiger partial charge is 0.326 e. The van der Waals surface area contributed by atoms with Gasteiger partial charge in [0.1, 0.15) is 5.82 Å². The van der Waals surface area contributed by atoms with Crippen molar-refractivity contribution in [3.63, 3.8) is 0 Å². The summed E-state index contributed by atoms with van der Waals surface area (Å²) in [6.45, 7) is 1.73. The molecule has 6 heteroatoms. The van der Waals surface area contributed by atoms with Crippen LogP contribution in [0.5, 0.6) is 0 Å². The van der Waals surface area contributed by atoms with E-state index in [4.69, 9.17) is 11.6 Å². The van der Waals surface area contributed by atoms with E-state index < -0.39 is 11.7 Å². The van der Waals surface area contributed by atoms with Crippen molar-refractivity contribution >= 4 is 34.8 Å². The summed E-state index contributed by atoms with van der Waals surface area (Å²) in [5.41, 5.74) is 1.04. The zero-order chi connectivity index (χ0) is 16.1. The summed E-state index contributed by atoms with van der Waals surface area (Å²) in [5, 5.41) is 5.59. The lowest BCUT2D eigenvalue weighted by atomic mass is 10.2. The Kier molecular flexibility index (Phi) is 5.12. The minimum Gasteiger partial charge on any atom is -0.326 e. The van der Waals surface area contributed by atoms with E-state index in [0.717, 1.165) is 6.07 Å². The van der Waals surface area contributed by atoms with Crippen LogP contribution < -0.4 is 10.6 Å². The van der Waals surface area contributed by atoms with Crippen LogP contribution in [0, 0.1) is 5.82 Å². The summed E-state index contributed by atoms with van der Waals surface area (Å²) in [6.07, 6.45) is 0.341. The topological polar surface area (TPSA) is 58.2 Å². The predicted molar refractivity (Wildman–Crippen MR) is 84.7 cm³/mol. The normalized spacial score (nSPS) is 10.1. The van der Waals surface area contributed by atoms with E-state index >= 15 is 0 Å². The van der Waals surface area contributed by atoms with Gasteiger partial charge < -0.3 is 10.6 Å². The smallest absolute Gasteiger partial charge is 0.255 e. The number of carbonyl (C=O) groups is 2. The van der Waals surface area contributed by atoms with E-state index in [1.54, 1.807) is 25.1 Å². The van der Waals surface area contributed by atoms with E-state index in [2.05, 4.69) is 10.6 Å². The van der Waals surface area contributed by atoms with Gasteiger partial charge >= 0.3 is 0 Å². The fourth-order valence-electron chi connectivity index (χ4n) is 1.77. The van der Waals surface area contributed by atoms with E-state index in [1.807, 2.05) is 0 Å². The third kappa shape index (κ3) is 4.05. The Balaban J connectivity index is 2.19. The zero-order valence-electron chi connectivity index (χ0n) is 11.8. The van der Waals surface area contributed by atoms with Gasteiger partial charge in [-0.15, -0.1) is 0 Å². The summed E-state index contributed by atoms with van der Waals surface area (Å²) in [5.74, 6) is -1.13. The molecule has 2 N–H and O–H groups in total. The Morgan fingerprint density at radius 3 is 2.59 bits per heavy atom. The summed E-state index contributed by atoms with van der Waals surface area (Å²) >= 11 is 6.03. The molecule has 0 saturated heterocycles. The number of halogens is 2. The van der Waals surface area contributed by atoms with E-state index in [0.29, 0.717) is 22.8 Å². The molecule has 0 spiro atoms. The maximum atomic E-state index is 13.1. The molecule has 2 rings (SSSR count). The molecule has 0 fully saturated rings. The second-order valence-electron chi connectivity index (χ2n) is 4.56. The molecule has 0 aliphatic carbocycles. The first-order valence-electron chi connectivity index (χ1n) is 6.66. The van der Waals surface area contributed by atoms with Crippen molar-refractivity contribution < 1.29 is 14.0 Å². The highest BCUT2D eigenvalue weighted by atomic mass is 35.5. The molecule has 2 aromatic rings. The second-order valence-corrected chi connectivity index (χ2v) is 4.97. The second kappa shape index (κ2) is 7.04. The van der Waals surface area contributed by atoms with Gasteiger partial charge in [0.25, 0.3) is 5.91 Å². The summed E-state index contributed by atoms with van der Waals surface area (Å²) in [4.78, 5) is 23.5. The molecule has 4 nitrogen and oxygen atoms in total. The number of benzene rings is 2. The van der Waals surface area contributed by atoms with Gasteiger partial charge in [-0.05, 0) is 36.4 Å². The Morgan fingerprint density at radius 1 is 1.14 bits per heavy atom. The van der Waals surface area contributed by atoms with Crippen molar-refractivity contribution in [3.8, 4) is 0 Å². The average molecular weight is 321 g/mol. The van der Waals surface area contributed by atoms with Crippen LogP contribution in [0.1, 0.15) is 23.7 Å². The van der Waals surface area contributed by atoms with Crippen LogP contribution in [0.4, 0.5) is 15.8 Å². The summed E-state index contributed by atoms with van der Waals surface area (Å²) in [7, 11) is 0. The molecule has 0 aliphatic heterocycles. The van der Waals surface area contributed by atoms with Crippen molar-refractivity contribution in [2.75, 3.05) is 10.6 Å². The molecule has 0 aliphatic rings. The Hall–Kier alpha value is -2.40. The van der Waals surface area contributed by atoms with E-state index in [1.165, 1.54) is 18.2 Å². The van der Waals surface area contributed by atoms with Crippen LogP contribution in [0.2, 0.25) is 5.02 Å². The fraction of sp³-hybridized carbons (Fsp3) is 0.125. The van der Waals surface area contributed by atoms with Gasteiger partial charge in [0.2, 0.25) is 5.91 Å². The molecule has 0 aromatic heterocycles. The van der Waals surface area contributed by atoms with Crippen molar-refractivity contribution in [1.29, 1.82) is 0 Å². The quantitative estimate of drug-likeness (QED) is 0.891. The molecule has 22 heavy (non-hydrogen) atoms. The number of anilines is 2. The Bertz CT molecular complexity index is 719. The number of hydrogen-bond donors (Lipinski definition) is 2. The Labute approximate surface area is 132 Å². The zero-order valence-corrected chi connectivity index (χ0v) is 12.6. The lowest BCUT2D eigenvalue weighted by molar-refractivity contribution is -0.115. The molecule has 0 atom stereocenters. The van der Waals surface area contributed by atoms with E-state index in [9.17, 15) is 14.0 Å². The molecular weight excluding hydrogens is 307 g/mol. The molecule has 114 valence electrons. The highest BCUT2D eigenvalue weighted by molar-refractivity contribution is 6.34. The number of nitrogens with one attached hydrogen (secondary N) is 2. The number of carbonyl (C=O) groups excluding carboxylic acids is 2. The van der Waals surface area contributed by atoms with Gasteiger partial charge in [-0.2, -0.15) is 0 Å². The number of amides is 2. The molecule has 0 saturated carbocycles. The van der Waals surface area contributed by atoms with Crippen LogP contribution >= 0.6 is 11.6 Å². The highest BCUT2D eigenvalue weighted by Crippen LogP contribution is 2.26. The molecule has 2 amide bonds. The molecule has 0 bridgehead atoms. The number of hydrogen-bond acceptors (Lipinski definition) is 2. The molecular formula is C16H14ClFN2O2. The summed E-state index contributed by atoms with van der Waals surface area (Å²) in [6, 6.07) is 10.1. The van der Waals surface area contributed by atoms with Gasteiger partial charge in [-0.3, -0.25) is 9.59 Å². The van der Waals surface area contributed by atoms with Crippen LogP contribution in [-0.2, 0) is 4.79 Å². The monoisotopic (exact) mass is 320 g/mol. The maximum absolute atomic E-state index is 13.1. The van der Waals surface area contributed by atoms with Gasteiger partial charge in [-0.1, -0.05) is 24.6 Å². The molecule has 0 radical (unpaired) electrons. The average Bonchev–Trinajstić information content (AvgIpc) is 2.50. The van der Waals surface area contributed by atoms with Crippen LogP contribution in [0.3, 0.4) is 0 Å². The van der Waals surface area contributed by atoms with Gasteiger partial charge in [0.05, 0.1) is 10.7 Å². The van der Waals surface area contributed by atoms with Crippen molar-refractivity contribution in [2.24, 2.45) is 0 Å². The van der Waals surface area contributed by atoms with Crippen LogP contribution in [-0.4, -0.2) is 11.8 Å². The fourth-order valence-corrected chi connectivity index (χ4v) is 1.94. The Morgan fingerprint density at radius 2 is 1.91 bits per heavy atom. The minimum atomic E-state index is -0.497. The van der Waals surface area contributed by atoms with E-state index in [-0.39, 0.29) is 11.5 Å². The maximum Gasteiger partial charge on any atom is 0.255 e. The minimum absolute atomic E-state index is 0.148. The predicted octanol–water partition coefficient (Wildman–Crippen LogP) is 4.08. The first-order valence-corrected chi connectivity index (χ1v) is 7.03. The van der Waals surface area contributed by atoms with Crippen molar-refractivity contribution in [1.82, 2.24) is 0 Å². The molecule has 0 heterocycles. The standard InChI is InChI=1S/C16H14ClFN2O2/c1-2-15(21)19-12-6-7-13(17)14(9-12)20-16(22)10-4-3-5-11(18)8-10/h3-9H,2H2,1H3,(H,19,21)(H,20,22). The first kappa shape index (κ1) is 16.0. The van der Waals surface area contributed by atoms with Gasteiger partial charge in [0, 0.05) is 17.7 Å². The highest BCUT2D eigenvalue weighted by Gasteiger charge is 2.10. The van der Waals surface area contributed by atoms with Gasteiger partial charge in [-0.25, -0.2) is 4.39 Å². The third-order valence-electron chi connectivity index (χ3n) is 2.91.